The van der Waals surface area contributed by atoms with Crippen LogP contribution >= 0.6 is 0 Å². The van der Waals surface area contributed by atoms with Crippen molar-refractivity contribution >= 4 is 5.82 Å². The molecule has 0 aliphatic rings. The van der Waals surface area contributed by atoms with Crippen molar-refractivity contribution < 1.29 is 0 Å². The molecule has 0 atom stereocenters. The number of rotatable bonds is 5. The first-order chi connectivity index (χ1) is 9.05. The zero-order valence-corrected chi connectivity index (χ0v) is 11.9. The molecular formula is C15H22N4. The lowest BCUT2D eigenvalue weighted by Gasteiger charge is -2.18. The number of imidazole rings is 1. The summed E-state index contributed by atoms with van der Waals surface area (Å²) in [7, 11) is 0. The molecule has 0 saturated heterocycles. The molecule has 2 rings (SSSR count). The Kier molecular flexibility index (Phi) is 4.20. The zero-order chi connectivity index (χ0) is 13.7. The van der Waals surface area contributed by atoms with E-state index in [9.17, 15) is 0 Å². The molecule has 0 bridgehead atoms. The number of anilines is 1. The molecule has 0 fully saturated rings. The minimum atomic E-state index is 0.160. The maximum Gasteiger partial charge on any atom is 0.125 e. The van der Waals surface area contributed by atoms with Gasteiger partial charge in [-0.3, -0.25) is 0 Å². The second-order valence-electron chi connectivity index (χ2n) is 5.76. The Morgan fingerprint density at radius 2 is 2.11 bits per heavy atom. The van der Waals surface area contributed by atoms with E-state index in [1.54, 1.807) is 6.20 Å². The molecule has 4 heteroatoms. The average molecular weight is 258 g/mol. The van der Waals surface area contributed by atoms with Crippen molar-refractivity contribution in [3.63, 3.8) is 0 Å². The Morgan fingerprint density at radius 3 is 2.68 bits per heavy atom. The molecule has 2 aromatic rings. The van der Waals surface area contributed by atoms with Crippen LogP contribution in [0.2, 0.25) is 0 Å². The standard InChI is InChI=1S/C15H22N4/c1-15(2,3)13-5-6-14(18-11-13)17-7-4-9-19-10-8-16-12-19/h5-6,8,10-12H,4,7,9H2,1-3H3,(H,17,18). The molecule has 0 radical (unpaired) electrons. The van der Waals surface area contributed by atoms with Gasteiger partial charge in [-0.25, -0.2) is 9.97 Å². The van der Waals surface area contributed by atoms with Crippen LogP contribution in [-0.2, 0) is 12.0 Å². The van der Waals surface area contributed by atoms with Crippen molar-refractivity contribution in [2.24, 2.45) is 0 Å². The number of pyridine rings is 1. The number of nitrogens with one attached hydrogen (secondary N) is 1. The van der Waals surface area contributed by atoms with Crippen LogP contribution in [0.25, 0.3) is 0 Å². The van der Waals surface area contributed by atoms with Gasteiger partial charge in [0.1, 0.15) is 5.82 Å². The summed E-state index contributed by atoms with van der Waals surface area (Å²) >= 11 is 0. The van der Waals surface area contributed by atoms with Gasteiger partial charge in [0.2, 0.25) is 0 Å². The Bertz CT molecular complexity index is 480. The van der Waals surface area contributed by atoms with E-state index in [0.717, 1.165) is 25.3 Å². The molecular weight excluding hydrogens is 236 g/mol. The largest absolute Gasteiger partial charge is 0.370 e. The van der Waals surface area contributed by atoms with Gasteiger partial charge in [-0.2, -0.15) is 0 Å². The van der Waals surface area contributed by atoms with Crippen molar-refractivity contribution in [1.29, 1.82) is 0 Å². The molecule has 0 saturated carbocycles. The molecule has 102 valence electrons. The molecule has 0 aliphatic heterocycles. The third-order valence-electron chi connectivity index (χ3n) is 3.09. The molecule has 4 nitrogen and oxygen atoms in total. The van der Waals surface area contributed by atoms with Gasteiger partial charge in [0, 0.05) is 31.7 Å². The molecule has 0 amide bonds. The maximum atomic E-state index is 4.45. The van der Waals surface area contributed by atoms with E-state index in [1.165, 1.54) is 5.56 Å². The molecule has 2 aromatic heterocycles. The van der Waals surface area contributed by atoms with Crippen LogP contribution in [0.4, 0.5) is 5.82 Å². The summed E-state index contributed by atoms with van der Waals surface area (Å²) in [6, 6.07) is 4.20. The first-order valence-electron chi connectivity index (χ1n) is 6.72. The summed E-state index contributed by atoms with van der Waals surface area (Å²) in [4.78, 5) is 8.47. The topological polar surface area (TPSA) is 42.7 Å². The van der Waals surface area contributed by atoms with Gasteiger partial charge >= 0.3 is 0 Å². The smallest absolute Gasteiger partial charge is 0.125 e. The first-order valence-corrected chi connectivity index (χ1v) is 6.72. The first kappa shape index (κ1) is 13.6. The Balaban J connectivity index is 1.77. The highest BCUT2D eigenvalue weighted by Gasteiger charge is 2.13. The summed E-state index contributed by atoms with van der Waals surface area (Å²) in [5.74, 6) is 0.943. The summed E-state index contributed by atoms with van der Waals surface area (Å²) in [5.41, 5.74) is 1.42. The summed E-state index contributed by atoms with van der Waals surface area (Å²) < 4.78 is 2.08. The van der Waals surface area contributed by atoms with Crippen LogP contribution in [0.5, 0.6) is 0 Å². The van der Waals surface area contributed by atoms with Crippen molar-refractivity contribution in [2.75, 3.05) is 11.9 Å². The van der Waals surface area contributed by atoms with Gasteiger partial charge < -0.3 is 9.88 Å². The van der Waals surface area contributed by atoms with E-state index in [-0.39, 0.29) is 5.41 Å². The summed E-state index contributed by atoms with van der Waals surface area (Å²) in [6.45, 7) is 8.49. The fourth-order valence-electron chi connectivity index (χ4n) is 1.84. The molecule has 2 heterocycles. The van der Waals surface area contributed by atoms with Gasteiger partial charge in [-0.05, 0) is 23.5 Å². The molecule has 0 aliphatic carbocycles. The average Bonchev–Trinajstić information content (AvgIpc) is 2.87. The van der Waals surface area contributed by atoms with Crippen LogP contribution in [-0.4, -0.2) is 21.1 Å². The number of aromatic nitrogens is 3. The predicted molar refractivity (Wildman–Crippen MR) is 78.3 cm³/mol. The van der Waals surface area contributed by atoms with Crippen molar-refractivity contribution in [3.05, 3.63) is 42.6 Å². The maximum absolute atomic E-state index is 4.45. The highest BCUT2D eigenvalue weighted by Crippen LogP contribution is 2.21. The van der Waals surface area contributed by atoms with Crippen molar-refractivity contribution in [2.45, 2.75) is 39.2 Å². The lowest BCUT2D eigenvalue weighted by molar-refractivity contribution is 0.587. The number of hydrogen-bond donors (Lipinski definition) is 1. The number of nitrogens with zero attached hydrogens (tertiary/aromatic N) is 3. The monoisotopic (exact) mass is 258 g/mol. The highest BCUT2D eigenvalue weighted by atomic mass is 15.0. The fourth-order valence-corrected chi connectivity index (χ4v) is 1.84. The molecule has 0 unspecified atom stereocenters. The Morgan fingerprint density at radius 1 is 1.26 bits per heavy atom. The van der Waals surface area contributed by atoms with E-state index in [4.69, 9.17) is 0 Å². The van der Waals surface area contributed by atoms with E-state index in [1.807, 2.05) is 18.7 Å². The van der Waals surface area contributed by atoms with Crippen LogP contribution in [0.3, 0.4) is 0 Å². The third kappa shape index (κ3) is 4.09. The summed E-state index contributed by atoms with van der Waals surface area (Å²) in [5, 5.41) is 3.34. The summed E-state index contributed by atoms with van der Waals surface area (Å²) in [6.07, 6.45) is 8.64. The van der Waals surface area contributed by atoms with Gasteiger partial charge in [-0.15, -0.1) is 0 Å². The molecule has 0 spiro atoms. The minimum absolute atomic E-state index is 0.160. The van der Waals surface area contributed by atoms with Crippen LogP contribution in [0, 0.1) is 0 Å². The SMILES string of the molecule is CC(C)(C)c1ccc(NCCCn2ccnc2)nc1. The van der Waals surface area contributed by atoms with Crippen LogP contribution in [0.15, 0.2) is 37.1 Å². The van der Waals surface area contributed by atoms with Crippen LogP contribution in [0.1, 0.15) is 32.8 Å². The third-order valence-corrected chi connectivity index (χ3v) is 3.09. The minimum Gasteiger partial charge on any atom is -0.370 e. The number of aryl methyl sites for hydroxylation is 1. The van der Waals surface area contributed by atoms with Crippen LogP contribution < -0.4 is 5.32 Å². The fraction of sp³-hybridized carbons (Fsp3) is 0.467. The van der Waals surface area contributed by atoms with E-state index in [0.29, 0.717) is 0 Å². The lowest BCUT2D eigenvalue weighted by Crippen LogP contribution is -2.12. The van der Waals surface area contributed by atoms with Gasteiger partial charge in [-0.1, -0.05) is 26.8 Å². The quantitative estimate of drug-likeness (QED) is 0.838. The molecule has 0 aromatic carbocycles. The molecule has 1 N–H and O–H groups in total. The number of hydrogen-bond acceptors (Lipinski definition) is 3. The van der Waals surface area contributed by atoms with Gasteiger partial charge in [0.15, 0.2) is 0 Å². The lowest BCUT2D eigenvalue weighted by atomic mass is 9.88. The zero-order valence-electron chi connectivity index (χ0n) is 11.9. The highest BCUT2D eigenvalue weighted by molar-refractivity contribution is 5.36. The second-order valence-corrected chi connectivity index (χ2v) is 5.76. The van der Waals surface area contributed by atoms with E-state index >= 15 is 0 Å². The van der Waals surface area contributed by atoms with E-state index in [2.05, 4.69) is 52.8 Å². The van der Waals surface area contributed by atoms with Gasteiger partial charge in [0.05, 0.1) is 6.33 Å². The Labute approximate surface area is 114 Å². The predicted octanol–water partition coefficient (Wildman–Crippen LogP) is 3.08. The second kappa shape index (κ2) is 5.87. The van der Waals surface area contributed by atoms with Crippen molar-refractivity contribution in [3.8, 4) is 0 Å². The van der Waals surface area contributed by atoms with Gasteiger partial charge in [0.25, 0.3) is 0 Å². The van der Waals surface area contributed by atoms with Crippen molar-refractivity contribution in [1.82, 2.24) is 14.5 Å². The molecule has 19 heavy (non-hydrogen) atoms. The normalized spacial score (nSPS) is 11.5. The Hall–Kier alpha value is -1.84. The van der Waals surface area contributed by atoms with E-state index < -0.39 is 0 Å².